The number of hydrogen-bond acceptors (Lipinski definition) is 5. The standard InChI is InChI=1S/C23H16FNO4S/c1-29-17-10-7-15(8-11-17)22(26)20-14-25-21-12-9-16(24)13-19(21)23(20)30(27,28)18-5-3-2-4-6-18/h2-14H,1H3. The van der Waals surface area contributed by atoms with E-state index in [-0.39, 0.29) is 31.8 Å². The number of rotatable bonds is 5. The van der Waals surface area contributed by atoms with Gasteiger partial charge in [-0.1, -0.05) is 18.2 Å². The summed E-state index contributed by atoms with van der Waals surface area (Å²) in [6, 6.07) is 17.7. The summed E-state index contributed by atoms with van der Waals surface area (Å²) >= 11 is 0. The van der Waals surface area contributed by atoms with E-state index in [1.165, 1.54) is 49.7 Å². The van der Waals surface area contributed by atoms with Crippen molar-refractivity contribution in [3.8, 4) is 5.75 Å². The van der Waals surface area contributed by atoms with Crippen molar-refractivity contribution in [2.24, 2.45) is 0 Å². The van der Waals surface area contributed by atoms with Gasteiger partial charge in [0.2, 0.25) is 9.84 Å². The highest BCUT2D eigenvalue weighted by Crippen LogP contribution is 2.32. The number of benzene rings is 3. The summed E-state index contributed by atoms with van der Waals surface area (Å²) in [6.07, 6.45) is 1.22. The molecule has 0 bridgehead atoms. The molecule has 0 atom stereocenters. The largest absolute Gasteiger partial charge is 0.497 e. The molecule has 0 N–H and O–H groups in total. The third kappa shape index (κ3) is 3.44. The molecular weight excluding hydrogens is 405 g/mol. The monoisotopic (exact) mass is 421 g/mol. The summed E-state index contributed by atoms with van der Waals surface area (Å²) in [5.74, 6) is -0.601. The molecule has 0 spiro atoms. The van der Waals surface area contributed by atoms with Crippen LogP contribution in [0.4, 0.5) is 4.39 Å². The maximum absolute atomic E-state index is 14.0. The van der Waals surface area contributed by atoms with Crippen molar-refractivity contribution in [2.75, 3.05) is 7.11 Å². The zero-order valence-corrected chi connectivity index (χ0v) is 16.7. The maximum atomic E-state index is 14.0. The second-order valence-corrected chi connectivity index (χ2v) is 8.42. The lowest BCUT2D eigenvalue weighted by Crippen LogP contribution is -2.12. The number of fused-ring (bicyclic) bond motifs is 1. The van der Waals surface area contributed by atoms with Gasteiger partial charge in [-0.05, 0) is 54.6 Å². The molecule has 3 aromatic carbocycles. The van der Waals surface area contributed by atoms with E-state index in [0.717, 1.165) is 6.07 Å². The molecule has 0 amide bonds. The zero-order valence-electron chi connectivity index (χ0n) is 15.9. The van der Waals surface area contributed by atoms with E-state index in [1.54, 1.807) is 30.3 Å². The van der Waals surface area contributed by atoms with Crippen LogP contribution in [0.25, 0.3) is 10.9 Å². The molecule has 0 radical (unpaired) electrons. The van der Waals surface area contributed by atoms with E-state index in [0.29, 0.717) is 5.75 Å². The van der Waals surface area contributed by atoms with Crippen LogP contribution in [0.1, 0.15) is 15.9 Å². The van der Waals surface area contributed by atoms with Gasteiger partial charge in [0.25, 0.3) is 0 Å². The highest BCUT2D eigenvalue weighted by Gasteiger charge is 2.28. The highest BCUT2D eigenvalue weighted by molar-refractivity contribution is 7.91. The number of halogens is 1. The van der Waals surface area contributed by atoms with E-state index >= 15 is 0 Å². The number of methoxy groups -OCH3 is 1. The molecule has 0 aliphatic carbocycles. The van der Waals surface area contributed by atoms with Crippen molar-refractivity contribution in [1.82, 2.24) is 4.98 Å². The van der Waals surface area contributed by atoms with Crippen molar-refractivity contribution in [1.29, 1.82) is 0 Å². The van der Waals surface area contributed by atoms with E-state index in [4.69, 9.17) is 4.74 Å². The Morgan fingerprint density at radius 2 is 1.67 bits per heavy atom. The van der Waals surface area contributed by atoms with Gasteiger partial charge in [-0.2, -0.15) is 0 Å². The van der Waals surface area contributed by atoms with Gasteiger partial charge in [0.15, 0.2) is 5.78 Å². The number of carbonyl (C=O) groups excluding carboxylic acids is 1. The van der Waals surface area contributed by atoms with Crippen LogP contribution in [-0.2, 0) is 9.84 Å². The Kier molecular flexibility index (Phi) is 5.05. The molecule has 150 valence electrons. The predicted molar refractivity (Wildman–Crippen MR) is 110 cm³/mol. The van der Waals surface area contributed by atoms with Gasteiger partial charge in [0.05, 0.1) is 28.0 Å². The fourth-order valence-corrected chi connectivity index (χ4v) is 4.85. The minimum atomic E-state index is -4.13. The fourth-order valence-electron chi connectivity index (χ4n) is 3.21. The minimum Gasteiger partial charge on any atom is -0.497 e. The van der Waals surface area contributed by atoms with Gasteiger partial charge in [-0.25, -0.2) is 12.8 Å². The molecular formula is C23H16FNO4S. The van der Waals surface area contributed by atoms with Crippen molar-refractivity contribution in [3.05, 3.63) is 95.9 Å². The Morgan fingerprint density at radius 3 is 2.33 bits per heavy atom. The fraction of sp³-hybridized carbons (Fsp3) is 0.0435. The van der Waals surface area contributed by atoms with Crippen LogP contribution in [0.15, 0.2) is 88.8 Å². The first kappa shape index (κ1) is 19.7. The van der Waals surface area contributed by atoms with Gasteiger partial charge >= 0.3 is 0 Å². The molecule has 1 heterocycles. The van der Waals surface area contributed by atoms with Crippen LogP contribution in [0.3, 0.4) is 0 Å². The number of pyridine rings is 1. The van der Waals surface area contributed by atoms with Gasteiger partial charge < -0.3 is 4.74 Å². The summed E-state index contributed by atoms with van der Waals surface area (Å²) in [5, 5.41) is 0.0539. The van der Waals surface area contributed by atoms with E-state index in [1.807, 2.05) is 0 Å². The first-order valence-electron chi connectivity index (χ1n) is 8.99. The Bertz CT molecular complexity index is 1350. The van der Waals surface area contributed by atoms with Gasteiger partial charge in [-0.3, -0.25) is 9.78 Å². The summed E-state index contributed by atoms with van der Waals surface area (Å²) in [4.78, 5) is 17.2. The highest BCUT2D eigenvalue weighted by atomic mass is 32.2. The molecule has 1 aromatic heterocycles. The molecule has 0 saturated heterocycles. The van der Waals surface area contributed by atoms with Crippen LogP contribution in [-0.4, -0.2) is 26.3 Å². The average molecular weight is 421 g/mol. The van der Waals surface area contributed by atoms with Crippen molar-refractivity contribution < 1.29 is 22.3 Å². The Hall–Kier alpha value is -3.58. The van der Waals surface area contributed by atoms with Gasteiger partial charge in [0.1, 0.15) is 11.6 Å². The SMILES string of the molecule is COc1ccc(C(=O)c2cnc3ccc(F)cc3c2S(=O)(=O)c2ccccc2)cc1. The van der Waals surface area contributed by atoms with Crippen LogP contribution in [0, 0.1) is 5.82 Å². The lowest BCUT2D eigenvalue weighted by atomic mass is 10.0. The average Bonchev–Trinajstić information content (AvgIpc) is 2.78. The summed E-state index contributed by atoms with van der Waals surface area (Å²) in [7, 11) is -2.63. The van der Waals surface area contributed by atoms with Crippen molar-refractivity contribution in [2.45, 2.75) is 9.79 Å². The molecule has 0 aliphatic rings. The van der Waals surface area contributed by atoms with Gasteiger partial charge in [0, 0.05) is 17.1 Å². The molecule has 30 heavy (non-hydrogen) atoms. The van der Waals surface area contributed by atoms with Crippen LogP contribution >= 0.6 is 0 Å². The number of nitrogens with zero attached hydrogens (tertiary/aromatic N) is 1. The first-order valence-corrected chi connectivity index (χ1v) is 10.5. The topological polar surface area (TPSA) is 73.3 Å². The van der Waals surface area contributed by atoms with Crippen LogP contribution in [0.5, 0.6) is 5.75 Å². The molecule has 0 saturated carbocycles. The number of carbonyl (C=O) groups is 1. The lowest BCUT2D eigenvalue weighted by Gasteiger charge is -2.13. The third-order valence-corrected chi connectivity index (χ3v) is 6.57. The number of hydrogen-bond donors (Lipinski definition) is 0. The second-order valence-electron chi connectivity index (χ2n) is 6.54. The number of sulfone groups is 1. The maximum Gasteiger partial charge on any atom is 0.208 e. The predicted octanol–water partition coefficient (Wildman–Crippen LogP) is 4.45. The normalized spacial score (nSPS) is 11.4. The molecule has 4 aromatic rings. The van der Waals surface area contributed by atoms with Gasteiger partial charge in [-0.15, -0.1) is 0 Å². The summed E-state index contributed by atoms with van der Waals surface area (Å²) in [6.45, 7) is 0. The molecule has 0 unspecified atom stereocenters. The lowest BCUT2D eigenvalue weighted by molar-refractivity contribution is 0.103. The summed E-state index contributed by atoms with van der Waals surface area (Å²) < 4.78 is 46.1. The Morgan fingerprint density at radius 1 is 0.967 bits per heavy atom. The number of aromatic nitrogens is 1. The second kappa shape index (κ2) is 7.68. The number of ketones is 1. The Balaban J connectivity index is 2.00. The molecule has 7 heteroatoms. The van der Waals surface area contributed by atoms with Crippen molar-refractivity contribution >= 4 is 26.5 Å². The quantitative estimate of drug-likeness (QED) is 0.445. The third-order valence-electron chi connectivity index (χ3n) is 4.70. The first-order chi connectivity index (χ1) is 14.4. The smallest absolute Gasteiger partial charge is 0.208 e. The molecule has 0 aliphatic heterocycles. The van der Waals surface area contributed by atoms with Crippen LogP contribution < -0.4 is 4.74 Å². The zero-order chi connectivity index (χ0) is 21.3. The Labute approximate surface area is 172 Å². The van der Waals surface area contributed by atoms with Crippen molar-refractivity contribution in [3.63, 3.8) is 0 Å². The van der Waals surface area contributed by atoms with E-state index < -0.39 is 21.4 Å². The minimum absolute atomic E-state index is 0.00513. The molecule has 4 rings (SSSR count). The summed E-state index contributed by atoms with van der Waals surface area (Å²) in [5.41, 5.74) is 0.414. The van der Waals surface area contributed by atoms with E-state index in [2.05, 4.69) is 4.98 Å². The molecule has 5 nitrogen and oxygen atoms in total. The van der Waals surface area contributed by atoms with E-state index in [9.17, 15) is 17.6 Å². The molecule has 0 fully saturated rings. The van der Waals surface area contributed by atoms with Crippen LogP contribution in [0.2, 0.25) is 0 Å². The number of ether oxygens (including phenoxy) is 1.